The van der Waals surface area contributed by atoms with Gasteiger partial charge in [0.1, 0.15) is 46.0 Å². The number of halogens is 6. The average Bonchev–Trinajstić information content (AvgIpc) is 1.62. The molecule has 10 atom stereocenters. The van der Waals surface area contributed by atoms with Crippen molar-refractivity contribution >= 4 is 116 Å². The molecule has 1 aliphatic carbocycles. The van der Waals surface area contributed by atoms with Gasteiger partial charge in [-0.15, -0.1) is 45.3 Å². The molecule has 2 bridgehead atoms. The van der Waals surface area contributed by atoms with E-state index in [4.69, 9.17) is 0 Å². The Morgan fingerprint density at radius 2 is 0.701 bits per heavy atom. The van der Waals surface area contributed by atoms with Crippen LogP contribution in [0.3, 0.4) is 0 Å². The summed E-state index contributed by atoms with van der Waals surface area (Å²) in [5, 5.41) is 62.0. The number of pyridine rings is 4. The van der Waals surface area contributed by atoms with E-state index in [0.717, 1.165) is 121 Å². The highest BCUT2D eigenvalue weighted by Crippen LogP contribution is 2.46. The molecule has 8 amide bonds. The minimum Gasteiger partial charge on any atom is -0.394 e. The molecular weight excluding hydrogens is 1860 g/mol. The molecular formula is C95H128F6N20O12S4. The van der Waals surface area contributed by atoms with Crippen molar-refractivity contribution in [2.24, 2.45) is 0 Å². The Bertz CT molecular complexity index is 5690. The molecule has 0 spiro atoms. The molecule has 0 radical (unpaired) electrons. The number of likely N-dealkylation sites (tertiary alicyclic amines) is 3. The summed E-state index contributed by atoms with van der Waals surface area (Å²) in [6, 6.07) is 4.90. The fourth-order valence-electron chi connectivity index (χ4n) is 16.9. The molecule has 746 valence electrons. The molecule has 137 heavy (non-hydrogen) atoms. The Morgan fingerprint density at radius 1 is 0.423 bits per heavy atom. The second kappa shape index (κ2) is 44.3. The van der Waals surface area contributed by atoms with Crippen molar-refractivity contribution in [2.75, 3.05) is 60.7 Å². The number of alkyl halides is 6. The van der Waals surface area contributed by atoms with E-state index in [1.54, 1.807) is 66.3 Å². The standard InChI is InChI=1S/C25H33F2N5O3S.C24H33N5O3S.2C23H31F2N5O3S/c1-5-14(3)29-19-8-13(2)18(11-28-19)21-20(24(35)32-12-25(26,27)10-15(32)4)31-23(36-21)22(34)30-16-6-7-17(33)9-16;1-13-10-18(28-24(3,4)5)25-11-17(13)20-19(23(32)29-15-6-7-16(29)9-8-15)27-22(33-20)21(31)26-14(2)12-30;1-12-7-16(29-22(4,5)6)26-9-15(12)18-17(21(33)30-11-23(24,25)8-14(30)3)28-20(34-18)19(32)27-13(2)10-31;1-6-13(3)27-17-7-12(2)16(9-26-17)19-18(22(33)30-11-23(24,25)8-15(30)5)29-21(34-19)20(32)28-14(4)10-31/h8,11,14-17,33H,5-7,9-10,12H2,1-4H3,(H,28,29)(H,30,34);10-11,14-16,30H,6-9,12H2,1-5H3,(H,25,28)(H,26,31);7,9,13-14,31H,8,10-11H2,1-6H3,(H,26,29)(H,27,32);7,9,13-15,31H,6,8,10-11H2,1-5H3,(H,26,27)(H,28,32)/t14-,15+,16-,17-;14-,15?,16?;13-,14+;13-,14-,15+/m1111/s1. The van der Waals surface area contributed by atoms with E-state index in [-0.39, 0.29) is 110 Å². The number of carbonyl (C=O) groups excluding carboxylic acids is 8. The maximum Gasteiger partial charge on any atom is 0.280 e. The van der Waals surface area contributed by atoms with Crippen LogP contribution in [0.2, 0.25) is 0 Å². The first-order valence-electron chi connectivity index (χ1n) is 46.3. The highest BCUT2D eigenvalue weighted by molar-refractivity contribution is 7.18. The quantitative estimate of drug-likeness (QED) is 0.0213. The fraction of sp³-hybridized carbons (Fsp3) is 0.579. The van der Waals surface area contributed by atoms with Crippen LogP contribution < -0.4 is 42.5 Å². The van der Waals surface area contributed by atoms with Gasteiger partial charge in [0.25, 0.3) is 65.0 Å². The van der Waals surface area contributed by atoms with Crippen molar-refractivity contribution in [1.82, 2.24) is 80.7 Å². The number of nitrogens with zero attached hydrogens (tertiary/aromatic N) is 12. The number of aliphatic hydroxyl groups is 4. The molecule has 12 N–H and O–H groups in total. The summed E-state index contributed by atoms with van der Waals surface area (Å²) < 4.78 is 84.1. The summed E-state index contributed by atoms with van der Waals surface area (Å²) in [7, 11) is 0. The van der Waals surface area contributed by atoms with Crippen molar-refractivity contribution in [2.45, 2.75) is 317 Å². The van der Waals surface area contributed by atoms with E-state index < -0.39 is 134 Å². The van der Waals surface area contributed by atoms with E-state index in [2.05, 4.69) is 117 Å². The third kappa shape index (κ3) is 27.0. The number of carbonyl (C=O) groups is 8. The SMILES string of the molecule is CC[C@@H](C)Nc1cc(C)c(-c2sc(C(=O)N[C@@H]3CC[C@@H](O)C3)nc2C(=O)N2CC(F)(F)C[C@@H]2C)cn1.CC[C@@H](C)Nc1cc(C)c(-c2sc(C(=O)N[C@H](C)CO)nc2C(=O)N2CC(F)(F)C[C@@H]2C)cn1.Cc1cc(NC(C)(C)C)ncc1-c1sc(C(=O)N[C@H](C)CO)nc1C(=O)N1C2CCC1CC2.Cc1cc(NC(C)(C)C)ncc1-c1sc(C(=O)N[C@H](C)CO)nc1C(=O)N1CC(F)(F)C[C@@H]1C. The first kappa shape index (κ1) is 107. The van der Waals surface area contributed by atoms with E-state index >= 15 is 0 Å². The Hall–Kier alpha value is -10.5. The lowest BCUT2D eigenvalue weighted by atomic mass is 10.0. The van der Waals surface area contributed by atoms with Crippen molar-refractivity contribution in [3.8, 4) is 41.8 Å². The molecule has 5 saturated heterocycles. The van der Waals surface area contributed by atoms with Crippen molar-refractivity contribution in [3.05, 3.63) is 114 Å². The number of hydrogen-bond acceptors (Lipinski definition) is 28. The zero-order valence-electron chi connectivity index (χ0n) is 81.1. The molecule has 0 aromatic carbocycles. The Morgan fingerprint density at radius 3 is 0.949 bits per heavy atom. The minimum atomic E-state index is -2.97. The average molecular weight is 1980 g/mol. The number of thiazole rings is 4. The third-order valence-corrected chi connectivity index (χ3v) is 28.6. The van der Waals surface area contributed by atoms with Crippen LogP contribution in [0.4, 0.5) is 49.6 Å². The molecule has 5 aliphatic heterocycles. The second-order valence-corrected chi connectivity index (χ2v) is 43.0. The van der Waals surface area contributed by atoms with Gasteiger partial charge in [-0.2, -0.15) is 0 Å². The summed E-state index contributed by atoms with van der Waals surface area (Å²) in [5.74, 6) is -10.1. The van der Waals surface area contributed by atoms with Crippen LogP contribution in [0, 0.1) is 27.7 Å². The zero-order valence-corrected chi connectivity index (χ0v) is 84.4. The number of fused-ring (bicyclic) bond motifs is 2. The maximum atomic E-state index is 14.1. The number of amides is 8. The molecule has 8 aromatic heterocycles. The van der Waals surface area contributed by atoms with Gasteiger partial charge in [0.15, 0.2) is 20.0 Å². The van der Waals surface area contributed by atoms with Gasteiger partial charge in [-0.3, -0.25) is 38.4 Å². The lowest BCUT2D eigenvalue weighted by molar-refractivity contribution is 0.0115. The Balaban J connectivity index is 0.000000175. The summed E-state index contributed by atoms with van der Waals surface area (Å²) in [4.78, 5) is 147. The van der Waals surface area contributed by atoms with Crippen molar-refractivity contribution < 1.29 is 85.1 Å². The minimum absolute atomic E-state index is 0.00792. The number of rotatable bonds is 27. The van der Waals surface area contributed by atoms with Gasteiger partial charge in [0, 0.05) is 144 Å². The summed E-state index contributed by atoms with van der Waals surface area (Å²) in [6.45, 7) is 34.9. The molecule has 14 rings (SSSR count). The maximum absolute atomic E-state index is 14.1. The van der Waals surface area contributed by atoms with Crippen LogP contribution in [0.1, 0.15) is 291 Å². The van der Waals surface area contributed by atoms with Gasteiger partial charge < -0.3 is 82.6 Å². The molecule has 1 saturated carbocycles. The molecule has 0 unspecified atom stereocenters. The summed E-state index contributed by atoms with van der Waals surface area (Å²) in [5.41, 5.74) is 5.83. The monoisotopic (exact) mass is 1980 g/mol. The first-order chi connectivity index (χ1) is 64.2. The van der Waals surface area contributed by atoms with Gasteiger partial charge in [0.05, 0.1) is 65.1 Å². The fourth-order valence-corrected chi connectivity index (χ4v) is 21.0. The van der Waals surface area contributed by atoms with Crippen LogP contribution in [0.15, 0.2) is 49.1 Å². The van der Waals surface area contributed by atoms with Gasteiger partial charge >= 0.3 is 0 Å². The van der Waals surface area contributed by atoms with Crippen molar-refractivity contribution in [3.63, 3.8) is 0 Å². The molecule has 6 fully saturated rings. The number of aromatic nitrogens is 8. The highest BCUT2D eigenvalue weighted by atomic mass is 32.1. The molecule has 32 nitrogen and oxygen atoms in total. The van der Waals surface area contributed by atoms with Crippen LogP contribution in [0.5, 0.6) is 0 Å². The van der Waals surface area contributed by atoms with Gasteiger partial charge in [-0.25, -0.2) is 66.2 Å². The van der Waals surface area contributed by atoms with Crippen LogP contribution >= 0.6 is 45.3 Å². The van der Waals surface area contributed by atoms with Gasteiger partial charge in [-0.1, -0.05) is 13.8 Å². The zero-order chi connectivity index (χ0) is 101. The first-order valence-corrected chi connectivity index (χ1v) is 49.6. The number of anilines is 4. The van der Waals surface area contributed by atoms with E-state index in [9.17, 15) is 85.1 Å². The van der Waals surface area contributed by atoms with Crippen LogP contribution in [-0.2, 0) is 0 Å². The van der Waals surface area contributed by atoms with Gasteiger partial charge in [-0.05, 0) is 229 Å². The largest absolute Gasteiger partial charge is 0.394 e. The van der Waals surface area contributed by atoms with E-state index in [1.807, 2.05) is 91.5 Å². The number of hydrogen-bond donors (Lipinski definition) is 12. The lowest BCUT2D eigenvalue weighted by Crippen LogP contribution is -2.36. The third-order valence-electron chi connectivity index (χ3n) is 24.3. The predicted octanol–water partition coefficient (Wildman–Crippen LogP) is 15.2. The number of aliphatic hydroxyl groups excluding tert-OH is 4. The van der Waals surface area contributed by atoms with Crippen molar-refractivity contribution in [1.29, 1.82) is 0 Å². The lowest BCUT2D eigenvalue weighted by Gasteiger charge is -2.22. The molecule has 8 aromatic rings. The molecule has 13 heterocycles. The molecule has 6 aliphatic rings. The normalized spacial score (nSPS) is 20.7. The number of nitrogens with one attached hydrogen (secondary N) is 8. The molecule has 42 heteroatoms. The van der Waals surface area contributed by atoms with E-state index in [1.165, 1.54) is 11.3 Å². The highest BCUT2D eigenvalue weighted by Gasteiger charge is 2.51. The van der Waals surface area contributed by atoms with Crippen LogP contribution in [-0.4, -0.2) is 268 Å². The summed E-state index contributed by atoms with van der Waals surface area (Å²) in [6.07, 6.45) is 12.6. The topological polar surface area (TPSA) is 430 Å². The Labute approximate surface area is 810 Å². The second-order valence-electron chi connectivity index (χ2n) is 39.0. The Kier molecular flexibility index (Phi) is 34.6. The summed E-state index contributed by atoms with van der Waals surface area (Å²) >= 11 is 4.25. The predicted molar refractivity (Wildman–Crippen MR) is 519 cm³/mol. The smallest absolute Gasteiger partial charge is 0.280 e. The van der Waals surface area contributed by atoms with E-state index in [0.29, 0.717) is 78.6 Å². The number of aryl methyl sites for hydroxylation is 4. The van der Waals surface area contributed by atoms with Gasteiger partial charge in [0.2, 0.25) is 0 Å². The van der Waals surface area contributed by atoms with Crippen LogP contribution in [0.25, 0.3) is 41.8 Å².